The van der Waals surface area contributed by atoms with E-state index < -0.39 is 0 Å². The fraction of sp³-hybridized carbons (Fsp3) is 0.167. The molecule has 0 saturated carbocycles. The van der Waals surface area contributed by atoms with Gasteiger partial charge in [-0.25, -0.2) is 4.39 Å². The Hall–Kier alpha value is -2.80. The Bertz CT molecular complexity index is 1070. The zero-order chi connectivity index (χ0) is 16.8. The predicted molar refractivity (Wildman–Crippen MR) is 95.2 cm³/mol. The van der Waals surface area contributed by atoms with Gasteiger partial charge in [0.05, 0.1) is 5.56 Å². The summed E-state index contributed by atoms with van der Waals surface area (Å²) in [6.45, 7) is 1.76. The maximum atomic E-state index is 14.1. The van der Waals surface area contributed by atoms with Crippen LogP contribution >= 0.6 is 11.3 Å². The van der Waals surface area contributed by atoms with Crippen molar-refractivity contribution >= 4 is 22.8 Å². The topological polar surface area (TPSA) is 46.3 Å². The highest BCUT2D eigenvalue weighted by Gasteiger charge is 2.20. The smallest absolute Gasteiger partial charge is 0.188 e. The SMILES string of the molecule is Fc1ccccc1-c1nnc2ccc(N3CCc4sccc4C3)nn12. The molecule has 7 heteroatoms. The molecule has 0 atom stereocenters. The van der Waals surface area contributed by atoms with Gasteiger partial charge in [0.15, 0.2) is 11.5 Å². The van der Waals surface area contributed by atoms with E-state index in [2.05, 4.69) is 31.6 Å². The van der Waals surface area contributed by atoms with Crippen LogP contribution in [0, 0.1) is 5.82 Å². The molecule has 1 aliphatic rings. The normalized spacial score (nSPS) is 14.0. The van der Waals surface area contributed by atoms with Crippen molar-refractivity contribution in [1.82, 2.24) is 19.8 Å². The zero-order valence-corrected chi connectivity index (χ0v) is 14.1. The van der Waals surface area contributed by atoms with Gasteiger partial charge in [-0.05, 0) is 47.7 Å². The summed E-state index contributed by atoms with van der Waals surface area (Å²) in [4.78, 5) is 3.69. The summed E-state index contributed by atoms with van der Waals surface area (Å²) in [6.07, 6.45) is 1.02. The first-order valence-electron chi connectivity index (χ1n) is 8.07. The summed E-state index contributed by atoms with van der Waals surface area (Å²) in [7, 11) is 0. The van der Waals surface area contributed by atoms with E-state index in [4.69, 9.17) is 0 Å². The van der Waals surface area contributed by atoms with Gasteiger partial charge < -0.3 is 4.90 Å². The fourth-order valence-electron chi connectivity index (χ4n) is 3.20. The van der Waals surface area contributed by atoms with Crippen molar-refractivity contribution in [2.24, 2.45) is 0 Å². The Morgan fingerprint density at radius 2 is 1.96 bits per heavy atom. The van der Waals surface area contributed by atoms with Crippen LogP contribution in [0.15, 0.2) is 47.8 Å². The maximum Gasteiger partial charge on any atom is 0.188 e. The number of nitrogens with zero attached hydrogens (tertiary/aromatic N) is 5. The summed E-state index contributed by atoms with van der Waals surface area (Å²) >= 11 is 1.81. The number of thiophene rings is 1. The van der Waals surface area contributed by atoms with E-state index in [9.17, 15) is 4.39 Å². The molecule has 0 N–H and O–H groups in total. The minimum Gasteiger partial charge on any atom is -0.350 e. The van der Waals surface area contributed by atoms with Crippen molar-refractivity contribution in [1.29, 1.82) is 0 Å². The lowest BCUT2D eigenvalue weighted by molar-refractivity contribution is 0.629. The monoisotopic (exact) mass is 351 g/mol. The van der Waals surface area contributed by atoms with Crippen LogP contribution in [0.4, 0.5) is 10.2 Å². The summed E-state index contributed by atoms with van der Waals surface area (Å²) in [6, 6.07) is 12.6. The van der Waals surface area contributed by atoms with Gasteiger partial charge >= 0.3 is 0 Å². The number of benzene rings is 1. The Labute approximate surface area is 147 Å². The van der Waals surface area contributed by atoms with E-state index in [-0.39, 0.29) is 5.82 Å². The minimum absolute atomic E-state index is 0.329. The second kappa shape index (κ2) is 5.63. The summed E-state index contributed by atoms with van der Waals surface area (Å²) in [5.74, 6) is 0.940. The molecule has 3 aromatic heterocycles. The van der Waals surface area contributed by atoms with Crippen LogP contribution in [0.1, 0.15) is 10.4 Å². The first kappa shape index (κ1) is 14.5. The first-order chi connectivity index (χ1) is 12.3. The number of halogens is 1. The lowest BCUT2D eigenvalue weighted by Gasteiger charge is -2.27. The molecule has 0 amide bonds. The number of fused-ring (bicyclic) bond motifs is 2. The van der Waals surface area contributed by atoms with Crippen LogP contribution in [0.25, 0.3) is 17.0 Å². The largest absolute Gasteiger partial charge is 0.350 e. The third kappa shape index (κ3) is 2.39. The molecule has 5 nitrogen and oxygen atoms in total. The van der Waals surface area contributed by atoms with Crippen LogP contribution in [0.3, 0.4) is 0 Å². The molecule has 1 aliphatic heterocycles. The fourth-order valence-corrected chi connectivity index (χ4v) is 4.09. The Morgan fingerprint density at radius 1 is 1.04 bits per heavy atom. The molecule has 5 rings (SSSR count). The number of hydrogen-bond acceptors (Lipinski definition) is 5. The number of anilines is 1. The van der Waals surface area contributed by atoms with E-state index in [1.54, 1.807) is 22.7 Å². The highest BCUT2D eigenvalue weighted by atomic mass is 32.1. The molecule has 0 spiro atoms. The van der Waals surface area contributed by atoms with Gasteiger partial charge in [-0.1, -0.05) is 12.1 Å². The molecular formula is C18H14FN5S. The van der Waals surface area contributed by atoms with E-state index in [1.165, 1.54) is 16.5 Å². The van der Waals surface area contributed by atoms with Gasteiger partial charge in [0, 0.05) is 18.0 Å². The molecule has 0 unspecified atom stereocenters. The molecule has 0 fully saturated rings. The van der Waals surface area contributed by atoms with Crippen molar-refractivity contribution < 1.29 is 4.39 Å². The zero-order valence-electron chi connectivity index (χ0n) is 13.3. The molecule has 0 saturated heterocycles. The highest BCUT2D eigenvalue weighted by molar-refractivity contribution is 7.10. The highest BCUT2D eigenvalue weighted by Crippen LogP contribution is 2.28. The first-order valence-corrected chi connectivity index (χ1v) is 8.95. The average Bonchev–Trinajstić information content (AvgIpc) is 3.27. The van der Waals surface area contributed by atoms with Crippen molar-refractivity contribution in [3.05, 3.63) is 64.1 Å². The second-order valence-electron chi connectivity index (χ2n) is 6.01. The van der Waals surface area contributed by atoms with E-state index >= 15 is 0 Å². The number of rotatable bonds is 2. The standard InChI is InChI=1S/C18H14FN5S/c19-14-4-2-1-3-13(14)18-21-20-16-5-6-17(22-24(16)18)23-9-7-15-12(11-23)8-10-25-15/h1-6,8,10H,7,9,11H2. The molecule has 0 radical (unpaired) electrons. The Kier molecular flexibility index (Phi) is 3.27. The molecule has 4 heterocycles. The quantitative estimate of drug-likeness (QED) is 0.554. The van der Waals surface area contributed by atoms with Gasteiger partial charge in [-0.2, -0.15) is 4.52 Å². The number of hydrogen-bond donors (Lipinski definition) is 0. The van der Waals surface area contributed by atoms with Crippen molar-refractivity contribution in [3.8, 4) is 11.4 Å². The maximum absolute atomic E-state index is 14.1. The molecule has 124 valence electrons. The molecule has 1 aromatic carbocycles. The third-order valence-electron chi connectivity index (χ3n) is 4.50. The van der Waals surface area contributed by atoms with Crippen LogP contribution in [0.2, 0.25) is 0 Å². The summed E-state index contributed by atoms with van der Waals surface area (Å²) in [5.41, 5.74) is 2.37. The lowest BCUT2D eigenvalue weighted by Crippen LogP contribution is -2.30. The van der Waals surface area contributed by atoms with E-state index in [0.717, 1.165) is 25.3 Å². The molecule has 4 aromatic rings. The van der Waals surface area contributed by atoms with Crippen molar-refractivity contribution in [2.45, 2.75) is 13.0 Å². The second-order valence-corrected chi connectivity index (χ2v) is 7.01. The molecular weight excluding hydrogens is 337 g/mol. The molecule has 0 aliphatic carbocycles. The van der Waals surface area contributed by atoms with Crippen molar-refractivity contribution in [3.63, 3.8) is 0 Å². The van der Waals surface area contributed by atoms with E-state index in [0.29, 0.717) is 17.0 Å². The summed E-state index contributed by atoms with van der Waals surface area (Å²) in [5, 5.41) is 15.1. The van der Waals surface area contributed by atoms with Crippen LogP contribution in [0.5, 0.6) is 0 Å². The van der Waals surface area contributed by atoms with Crippen LogP contribution < -0.4 is 4.90 Å². The molecule has 25 heavy (non-hydrogen) atoms. The Balaban J connectivity index is 1.58. The van der Waals surface area contributed by atoms with Gasteiger partial charge in [-0.3, -0.25) is 0 Å². The van der Waals surface area contributed by atoms with Crippen LogP contribution in [-0.4, -0.2) is 26.4 Å². The average molecular weight is 351 g/mol. The predicted octanol–water partition coefficient (Wildman–Crippen LogP) is 3.55. The van der Waals surface area contributed by atoms with Gasteiger partial charge in [0.1, 0.15) is 11.6 Å². The van der Waals surface area contributed by atoms with E-state index in [1.807, 2.05) is 23.5 Å². The lowest BCUT2D eigenvalue weighted by atomic mass is 10.1. The van der Waals surface area contributed by atoms with Crippen molar-refractivity contribution in [2.75, 3.05) is 11.4 Å². The van der Waals surface area contributed by atoms with Gasteiger partial charge in [0.25, 0.3) is 0 Å². The van der Waals surface area contributed by atoms with Gasteiger partial charge in [-0.15, -0.1) is 26.6 Å². The van der Waals surface area contributed by atoms with Gasteiger partial charge in [0.2, 0.25) is 0 Å². The number of aromatic nitrogens is 4. The molecule has 0 bridgehead atoms. The minimum atomic E-state index is -0.329. The Morgan fingerprint density at radius 3 is 2.88 bits per heavy atom. The summed E-state index contributed by atoms with van der Waals surface area (Å²) < 4.78 is 15.8. The van der Waals surface area contributed by atoms with Crippen LogP contribution in [-0.2, 0) is 13.0 Å². The third-order valence-corrected chi connectivity index (χ3v) is 5.52.